The summed E-state index contributed by atoms with van der Waals surface area (Å²) in [5, 5.41) is 3.15. The van der Waals surface area contributed by atoms with Crippen LogP contribution in [-0.4, -0.2) is 37.3 Å². The third kappa shape index (κ3) is 5.89. The number of hydrogen-bond acceptors (Lipinski definition) is 3. The molecule has 0 atom stereocenters. The second-order valence-corrected chi connectivity index (χ2v) is 6.18. The summed E-state index contributed by atoms with van der Waals surface area (Å²) in [6, 6.07) is 3.12. The minimum absolute atomic E-state index is 0.121. The Labute approximate surface area is 118 Å². The zero-order valence-electron chi connectivity index (χ0n) is 12.0. The van der Waals surface area contributed by atoms with E-state index in [9.17, 15) is 8.78 Å². The fourth-order valence-electron chi connectivity index (χ4n) is 1.50. The monoisotopic (exact) mass is 288 g/mol. The van der Waals surface area contributed by atoms with Crippen molar-refractivity contribution in [3.63, 3.8) is 0 Å². The van der Waals surface area contributed by atoms with Gasteiger partial charge in [-0.15, -0.1) is 11.8 Å². The molecule has 1 aromatic carbocycles. The van der Waals surface area contributed by atoms with Gasteiger partial charge in [0.1, 0.15) is 11.6 Å². The molecule has 0 spiro atoms. The van der Waals surface area contributed by atoms with Gasteiger partial charge in [0.15, 0.2) is 0 Å². The molecule has 0 bridgehead atoms. The quantitative estimate of drug-likeness (QED) is 0.776. The maximum Gasteiger partial charge on any atom is 0.140 e. The Morgan fingerprint density at radius 1 is 1.21 bits per heavy atom. The van der Waals surface area contributed by atoms with E-state index >= 15 is 0 Å². The Hall–Kier alpha value is -0.650. The van der Waals surface area contributed by atoms with Gasteiger partial charge in [-0.25, -0.2) is 8.78 Å². The molecular formula is C14H22F2N2S. The van der Waals surface area contributed by atoms with Crippen LogP contribution in [0.25, 0.3) is 0 Å². The molecule has 0 aliphatic rings. The predicted molar refractivity (Wildman–Crippen MR) is 77.6 cm³/mol. The summed E-state index contributed by atoms with van der Waals surface area (Å²) in [6.07, 6.45) is 0. The van der Waals surface area contributed by atoms with Crippen LogP contribution in [0.15, 0.2) is 17.0 Å². The van der Waals surface area contributed by atoms with Crippen LogP contribution in [0.5, 0.6) is 0 Å². The Balaban J connectivity index is 2.68. The van der Waals surface area contributed by atoms with Crippen molar-refractivity contribution in [1.29, 1.82) is 0 Å². The van der Waals surface area contributed by atoms with E-state index in [-0.39, 0.29) is 4.90 Å². The van der Waals surface area contributed by atoms with Crippen LogP contribution >= 0.6 is 11.8 Å². The van der Waals surface area contributed by atoms with E-state index in [0.29, 0.717) is 23.9 Å². The van der Waals surface area contributed by atoms with E-state index in [1.54, 1.807) is 0 Å². The maximum absolute atomic E-state index is 13.9. The number of benzene rings is 1. The summed E-state index contributed by atoms with van der Waals surface area (Å²) in [6.45, 7) is 5.27. The smallest absolute Gasteiger partial charge is 0.140 e. The molecule has 0 unspecified atom stereocenters. The highest BCUT2D eigenvalue weighted by Crippen LogP contribution is 2.26. The van der Waals surface area contributed by atoms with Crippen LogP contribution in [0.4, 0.5) is 8.78 Å². The lowest BCUT2D eigenvalue weighted by Crippen LogP contribution is -2.22. The van der Waals surface area contributed by atoms with Crippen molar-refractivity contribution >= 4 is 11.8 Å². The first-order valence-electron chi connectivity index (χ1n) is 6.39. The number of hydrogen-bond donors (Lipinski definition) is 1. The van der Waals surface area contributed by atoms with Gasteiger partial charge >= 0.3 is 0 Å². The molecule has 1 N–H and O–H groups in total. The van der Waals surface area contributed by atoms with Crippen LogP contribution in [0.1, 0.15) is 19.4 Å². The molecular weight excluding hydrogens is 266 g/mol. The van der Waals surface area contributed by atoms with Gasteiger partial charge in [-0.3, -0.25) is 0 Å². The van der Waals surface area contributed by atoms with E-state index in [1.165, 1.54) is 23.9 Å². The summed E-state index contributed by atoms with van der Waals surface area (Å²) in [7, 11) is 3.88. The Kier molecular flexibility index (Phi) is 6.75. The second kappa shape index (κ2) is 7.82. The van der Waals surface area contributed by atoms with Crippen molar-refractivity contribution in [2.24, 2.45) is 0 Å². The molecule has 0 aromatic heterocycles. The average Bonchev–Trinajstić information content (AvgIpc) is 2.29. The topological polar surface area (TPSA) is 15.3 Å². The molecule has 108 valence electrons. The molecule has 0 radical (unpaired) electrons. The fourth-order valence-corrected chi connectivity index (χ4v) is 2.56. The lowest BCUT2D eigenvalue weighted by atomic mass is 10.2. The highest BCUT2D eigenvalue weighted by molar-refractivity contribution is 7.99. The van der Waals surface area contributed by atoms with E-state index in [0.717, 1.165) is 6.54 Å². The van der Waals surface area contributed by atoms with E-state index in [1.807, 2.05) is 32.8 Å². The minimum Gasteiger partial charge on any atom is -0.310 e. The molecule has 0 saturated heterocycles. The Bertz CT molecular complexity index is 385. The molecule has 0 amide bonds. The van der Waals surface area contributed by atoms with Crippen molar-refractivity contribution in [2.45, 2.75) is 31.3 Å². The highest BCUT2D eigenvalue weighted by atomic mass is 32.2. The van der Waals surface area contributed by atoms with Gasteiger partial charge in [0, 0.05) is 24.9 Å². The first kappa shape index (κ1) is 16.4. The van der Waals surface area contributed by atoms with Crippen LogP contribution in [0.2, 0.25) is 0 Å². The van der Waals surface area contributed by atoms with Gasteiger partial charge in [0.25, 0.3) is 0 Å². The van der Waals surface area contributed by atoms with Gasteiger partial charge in [-0.05, 0) is 31.8 Å². The lowest BCUT2D eigenvalue weighted by Gasteiger charge is -2.12. The zero-order chi connectivity index (χ0) is 14.4. The SMILES string of the molecule is CC(C)NCc1cc(F)c(SCCN(C)C)c(F)c1. The van der Waals surface area contributed by atoms with Crippen molar-refractivity contribution in [3.8, 4) is 0 Å². The molecule has 0 fully saturated rings. The van der Waals surface area contributed by atoms with E-state index in [4.69, 9.17) is 0 Å². The summed E-state index contributed by atoms with van der Waals surface area (Å²) in [5.41, 5.74) is 0.639. The Morgan fingerprint density at radius 2 is 1.79 bits per heavy atom. The summed E-state index contributed by atoms with van der Waals surface area (Å²) in [5.74, 6) is -0.265. The number of nitrogens with zero attached hydrogens (tertiary/aromatic N) is 1. The molecule has 0 heterocycles. The minimum atomic E-state index is -0.468. The highest BCUT2D eigenvalue weighted by Gasteiger charge is 2.12. The van der Waals surface area contributed by atoms with E-state index < -0.39 is 11.6 Å². The third-order valence-electron chi connectivity index (χ3n) is 2.56. The van der Waals surface area contributed by atoms with E-state index in [2.05, 4.69) is 5.32 Å². The van der Waals surface area contributed by atoms with Gasteiger partial charge in [-0.2, -0.15) is 0 Å². The molecule has 5 heteroatoms. The third-order valence-corrected chi connectivity index (χ3v) is 3.62. The molecule has 0 aliphatic heterocycles. The van der Waals surface area contributed by atoms with Crippen molar-refractivity contribution in [1.82, 2.24) is 10.2 Å². The maximum atomic E-state index is 13.9. The summed E-state index contributed by atoms with van der Waals surface area (Å²) in [4.78, 5) is 2.11. The number of nitrogens with one attached hydrogen (secondary N) is 1. The van der Waals surface area contributed by atoms with Crippen LogP contribution in [0.3, 0.4) is 0 Å². The van der Waals surface area contributed by atoms with Gasteiger partial charge in [0.05, 0.1) is 4.90 Å². The second-order valence-electron chi connectivity index (χ2n) is 5.08. The van der Waals surface area contributed by atoms with Crippen LogP contribution < -0.4 is 5.32 Å². The van der Waals surface area contributed by atoms with Crippen molar-refractivity contribution in [2.75, 3.05) is 26.4 Å². The molecule has 1 aromatic rings. The van der Waals surface area contributed by atoms with Crippen molar-refractivity contribution < 1.29 is 8.78 Å². The average molecular weight is 288 g/mol. The lowest BCUT2D eigenvalue weighted by molar-refractivity contribution is 0.437. The number of rotatable bonds is 7. The van der Waals surface area contributed by atoms with Gasteiger partial charge in [-0.1, -0.05) is 13.8 Å². The van der Waals surface area contributed by atoms with Crippen LogP contribution in [-0.2, 0) is 6.54 Å². The number of thioether (sulfide) groups is 1. The number of halogens is 2. The predicted octanol–water partition coefficient (Wildman–Crippen LogP) is 3.12. The molecule has 19 heavy (non-hydrogen) atoms. The first-order chi connectivity index (χ1) is 8.90. The fraction of sp³-hybridized carbons (Fsp3) is 0.571. The first-order valence-corrected chi connectivity index (χ1v) is 7.37. The summed E-state index contributed by atoms with van der Waals surface area (Å²) < 4.78 is 27.7. The standard InChI is InChI=1S/C14H22F2N2S/c1-10(2)17-9-11-7-12(15)14(13(16)8-11)19-6-5-18(3)4/h7-8,10,17H,5-6,9H2,1-4H3. The Morgan fingerprint density at radius 3 is 2.26 bits per heavy atom. The molecule has 2 nitrogen and oxygen atoms in total. The normalized spacial score (nSPS) is 11.6. The zero-order valence-corrected chi connectivity index (χ0v) is 12.8. The van der Waals surface area contributed by atoms with Crippen molar-refractivity contribution in [3.05, 3.63) is 29.3 Å². The molecule has 0 aliphatic carbocycles. The van der Waals surface area contributed by atoms with Gasteiger partial charge in [0.2, 0.25) is 0 Å². The summed E-state index contributed by atoms with van der Waals surface area (Å²) >= 11 is 1.22. The van der Waals surface area contributed by atoms with Crippen LogP contribution in [0, 0.1) is 11.6 Å². The largest absolute Gasteiger partial charge is 0.310 e. The van der Waals surface area contributed by atoms with Gasteiger partial charge < -0.3 is 10.2 Å². The molecule has 1 rings (SSSR count). The molecule has 0 saturated carbocycles.